The van der Waals surface area contributed by atoms with Gasteiger partial charge in [-0.3, -0.25) is 9.59 Å². The molecule has 3 aromatic rings. The van der Waals surface area contributed by atoms with Gasteiger partial charge in [0.15, 0.2) is 6.61 Å². The molecule has 2 aromatic heterocycles. The van der Waals surface area contributed by atoms with Crippen molar-refractivity contribution in [2.45, 2.75) is 31.2 Å². The van der Waals surface area contributed by atoms with Crippen LogP contribution in [-0.2, 0) is 24.3 Å². The summed E-state index contributed by atoms with van der Waals surface area (Å²) >= 11 is 0. The average molecular weight is 486 g/mol. The Kier molecular flexibility index (Phi) is 6.66. The molecule has 0 unspecified atom stereocenters. The Morgan fingerprint density at radius 3 is 2.56 bits per heavy atom. The van der Waals surface area contributed by atoms with Crippen LogP contribution in [0.3, 0.4) is 0 Å². The number of sulfonamides is 1. The number of nitrogens with one attached hydrogen (secondary N) is 1. The van der Waals surface area contributed by atoms with Crippen LogP contribution in [0.15, 0.2) is 73.8 Å². The van der Waals surface area contributed by atoms with Gasteiger partial charge in [-0.1, -0.05) is 6.07 Å². The van der Waals surface area contributed by atoms with Gasteiger partial charge in [-0.2, -0.15) is 9.82 Å². The van der Waals surface area contributed by atoms with E-state index in [4.69, 9.17) is 13.6 Å². The van der Waals surface area contributed by atoms with E-state index in [1.807, 2.05) is 6.92 Å². The molecule has 0 fully saturated rings. The minimum absolute atomic E-state index is 0.0395. The van der Waals surface area contributed by atoms with E-state index in [1.54, 1.807) is 37.3 Å². The maximum atomic E-state index is 12.8. The van der Waals surface area contributed by atoms with E-state index in [0.717, 1.165) is 11.1 Å². The Bertz CT molecular complexity index is 1310. The Labute approximate surface area is 196 Å². The quantitative estimate of drug-likeness (QED) is 0.485. The molecule has 0 spiro atoms. The summed E-state index contributed by atoms with van der Waals surface area (Å²) in [4.78, 5) is 25.0. The van der Waals surface area contributed by atoms with Crippen LogP contribution in [-0.4, -0.2) is 44.2 Å². The molecule has 178 valence electrons. The Morgan fingerprint density at radius 2 is 1.88 bits per heavy atom. The predicted molar refractivity (Wildman–Crippen MR) is 120 cm³/mol. The molecule has 1 aromatic carbocycles. The van der Waals surface area contributed by atoms with Crippen LogP contribution < -0.4 is 4.72 Å². The molecule has 1 N–H and O–H groups in total. The summed E-state index contributed by atoms with van der Waals surface area (Å²) in [6.45, 7) is 2.43. The SMILES string of the molecule is Cc1ccc(S(=O)(=O)NCC(=O)OCC(=O)N2N=C(c3ccco3)C[C@H]2c2ccco2)cc1C. The lowest BCUT2D eigenvalue weighted by Crippen LogP contribution is -2.34. The number of hydrogen-bond donors (Lipinski definition) is 1. The fourth-order valence-corrected chi connectivity index (χ4v) is 4.47. The van der Waals surface area contributed by atoms with Crippen LogP contribution in [0.5, 0.6) is 0 Å². The number of carbonyl (C=O) groups excluding carboxylic acids is 2. The number of hydrazone groups is 1. The fourth-order valence-electron chi connectivity index (χ4n) is 3.41. The maximum Gasteiger partial charge on any atom is 0.321 e. The van der Waals surface area contributed by atoms with Crippen molar-refractivity contribution in [2.24, 2.45) is 5.10 Å². The molecular formula is C23H23N3O7S. The number of hydrogen-bond acceptors (Lipinski definition) is 8. The van der Waals surface area contributed by atoms with Gasteiger partial charge in [0.25, 0.3) is 5.91 Å². The predicted octanol–water partition coefficient (Wildman–Crippen LogP) is 2.69. The van der Waals surface area contributed by atoms with Gasteiger partial charge in [0.05, 0.1) is 17.4 Å². The minimum Gasteiger partial charge on any atom is -0.467 e. The maximum absolute atomic E-state index is 12.8. The van der Waals surface area contributed by atoms with Crippen LogP contribution in [0, 0.1) is 13.8 Å². The van der Waals surface area contributed by atoms with Gasteiger partial charge in [-0.25, -0.2) is 13.4 Å². The van der Waals surface area contributed by atoms with Crippen LogP contribution in [0.1, 0.15) is 35.1 Å². The van der Waals surface area contributed by atoms with E-state index in [0.29, 0.717) is 23.7 Å². The minimum atomic E-state index is -3.91. The largest absolute Gasteiger partial charge is 0.467 e. The summed E-state index contributed by atoms with van der Waals surface area (Å²) in [6.07, 6.45) is 3.35. The standard InChI is InChI=1S/C23H23N3O7S/c1-15-7-8-17(11-16(15)2)34(29,30)24-13-23(28)33-14-22(27)26-19(21-6-4-10-32-21)12-18(25-26)20-5-3-9-31-20/h3-11,19,24H,12-14H2,1-2H3/t19-/m0/s1. The second-order valence-corrected chi connectivity index (χ2v) is 9.50. The van der Waals surface area contributed by atoms with E-state index in [-0.39, 0.29) is 4.90 Å². The van der Waals surface area contributed by atoms with Gasteiger partial charge in [0.1, 0.15) is 29.8 Å². The molecule has 0 bridgehead atoms. The molecule has 0 saturated carbocycles. The van der Waals surface area contributed by atoms with Gasteiger partial charge in [-0.05, 0) is 61.4 Å². The van der Waals surface area contributed by atoms with Gasteiger partial charge in [-0.15, -0.1) is 0 Å². The van der Waals surface area contributed by atoms with E-state index < -0.39 is 41.1 Å². The van der Waals surface area contributed by atoms with Crippen molar-refractivity contribution in [3.05, 3.63) is 77.6 Å². The normalized spacial score (nSPS) is 15.9. The first-order chi connectivity index (χ1) is 16.2. The molecule has 0 aliphatic carbocycles. The number of ether oxygens (including phenoxy) is 1. The first kappa shape index (κ1) is 23.5. The zero-order valence-corrected chi connectivity index (χ0v) is 19.4. The topological polar surface area (TPSA) is 131 Å². The number of aryl methyl sites for hydroxylation is 2. The lowest BCUT2D eigenvalue weighted by Gasteiger charge is -2.19. The molecule has 1 aliphatic rings. The number of furan rings is 2. The molecule has 0 radical (unpaired) electrons. The average Bonchev–Trinajstić information content (AvgIpc) is 3.58. The van der Waals surface area contributed by atoms with Crippen molar-refractivity contribution >= 4 is 27.6 Å². The van der Waals surface area contributed by atoms with Gasteiger partial charge >= 0.3 is 5.97 Å². The second kappa shape index (κ2) is 9.65. The lowest BCUT2D eigenvalue weighted by atomic mass is 10.1. The van der Waals surface area contributed by atoms with Crippen molar-refractivity contribution in [3.8, 4) is 0 Å². The van der Waals surface area contributed by atoms with E-state index in [9.17, 15) is 18.0 Å². The Balaban J connectivity index is 1.37. The van der Waals surface area contributed by atoms with Crippen LogP contribution >= 0.6 is 0 Å². The summed E-state index contributed by atoms with van der Waals surface area (Å²) in [7, 11) is -3.91. The highest BCUT2D eigenvalue weighted by Gasteiger charge is 2.36. The Morgan fingerprint density at radius 1 is 1.12 bits per heavy atom. The first-order valence-electron chi connectivity index (χ1n) is 10.4. The fraction of sp³-hybridized carbons (Fsp3) is 0.261. The zero-order valence-electron chi connectivity index (χ0n) is 18.6. The van der Waals surface area contributed by atoms with Crippen LogP contribution in [0.2, 0.25) is 0 Å². The van der Waals surface area contributed by atoms with Crippen molar-refractivity contribution < 1.29 is 31.6 Å². The lowest BCUT2D eigenvalue weighted by molar-refractivity contribution is -0.152. The molecule has 1 amide bonds. The van der Waals surface area contributed by atoms with Crippen molar-refractivity contribution in [1.29, 1.82) is 0 Å². The van der Waals surface area contributed by atoms with Crippen LogP contribution in [0.25, 0.3) is 0 Å². The first-order valence-corrected chi connectivity index (χ1v) is 11.9. The highest BCUT2D eigenvalue weighted by molar-refractivity contribution is 7.89. The summed E-state index contributed by atoms with van der Waals surface area (Å²) in [5.41, 5.74) is 2.30. The van der Waals surface area contributed by atoms with Crippen molar-refractivity contribution in [1.82, 2.24) is 9.73 Å². The number of amides is 1. The van der Waals surface area contributed by atoms with E-state index in [2.05, 4.69) is 9.82 Å². The summed E-state index contributed by atoms with van der Waals surface area (Å²) < 4.78 is 42.9. The van der Waals surface area contributed by atoms with Gasteiger partial charge < -0.3 is 13.6 Å². The smallest absolute Gasteiger partial charge is 0.321 e. The van der Waals surface area contributed by atoms with Crippen molar-refractivity contribution in [3.63, 3.8) is 0 Å². The number of rotatable bonds is 8. The highest BCUT2D eigenvalue weighted by atomic mass is 32.2. The number of carbonyl (C=O) groups is 2. The second-order valence-electron chi connectivity index (χ2n) is 7.73. The van der Waals surface area contributed by atoms with Gasteiger partial charge in [0.2, 0.25) is 10.0 Å². The third-order valence-corrected chi connectivity index (χ3v) is 6.79. The monoisotopic (exact) mass is 485 g/mol. The molecule has 4 rings (SSSR count). The third-order valence-electron chi connectivity index (χ3n) is 5.39. The third kappa shape index (κ3) is 5.10. The Hall–Kier alpha value is -3.70. The molecular weight excluding hydrogens is 462 g/mol. The number of benzene rings is 1. The molecule has 3 heterocycles. The number of nitrogens with zero attached hydrogens (tertiary/aromatic N) is 2. The molecule has 34 heavy (non-hydrogen) atoms. The van der Waals surface area contributed by atoms with Crippen molar-refractivity contribution in [2.75, 3.05) is 13.2 Å². The van der Waals surface area contributed by atoms with Crippen LogP contribution in [0.4, 0.5) is 0 Å². The molecule has 11 heteroatoms. The highest BCUT2D eigenvalue weighted by Crippen LogP contribution is 2.33. The molecule has 10 nitrogen and oxygen atoms in total. The summed E-state index contributed by atoms with van der Waals surface area (Å²) in [5, 5.41) is 5.51. The van der Waals surface area contributed by atoms with E-state index >= 15 is 0 Å². The van der Waals surface area contributed by atoms with Gasteiger partial charge in [0, 0.05) is 6.42 Å². The molecule has 1 atom stereocenters. The molecule has 1 aliphatic heterocycles. The van der Waals surface area contributed by atoms with E-state index in [1.165, 1.54) is 29.7 Å². The zero-order chi connectivity index (χ0) is 24.3. The molecule has 0 saturated heterocycles. The summed E-state index contributed by atoms with van der Waals surface area (Å²) in [5.74, 6) is -0.450. The number of esters is 1. The summed E-state index contributed by atoms with van der Waals surface area (Å²) in [6, 6.07) is 11.0.